The molecule has 0 aliphatic rings. The van der Waals surface area contributed by atoms with Crippen molar-refractivity contribution >= 4 is 0 Å². The molecule has 2 heteroatoms. The number of rotatable bonds is 3. The van der Waals surface area contributed by atoms with Crippen LogP contribution >= 0.6 is 0 Å². The van der Waals surface area contributed by atoms with Crippen LogP contribution in [0.3, 0.4) is 0 Å². The Balaban J connectivity index is 2.50. The van der Waals surface area contributed by atoms with Gasteiger partial charge in [0.25, 0.3) is 0 Å². The second-order valence-electron chi connectivity index (χ2n) is 3.20. The summed E-state index contributed by atoms with van der Waals surface area (Å²) in [4.78, 5) is 0. The van der Waals surface area contributed by atoms with Gasteiger partial charge in [0.1, 0.15) is 0 Å². The van der Waals surface area contributed by atoms with E-state index >= 15 is 0 Å². The predicted molar refractivity (Wildman–Crippen MR) is 46.4 cm³/mol. The SMILES string of the molecule is CCC(C)Cc1ccn(C)n1. The minimum Gasteiger partial charge on any atom is -0.276 e. The normalized spacial score (nSPS) is 13.4. The molecule has 0 bridgehead atoms. The number of aromatic nitrogens is 2. The lowest BCUT2D eigenvalue weighted by atomic mass is 10.0. The molecule has 1 rings (SSSR count). The fraction of sp³-hybridized carbons (Fsp3) is 0.667. The third-order valence-corrected chi connectivity index (χ3v) is 2.02. The Kier molecular flexibility index (Phi) is 2.69. The van der Waals surface area contributed by atoms with E-state index < -0.39 is 0 Å². The van der Waals surface area contributed by atoms with Gasteiger partial charge < -0.3 is 0 Å². The van der Waals surface area contributed by atoms with Crippen LogP contribution in [-0.4, -0.2) is 9.78 Å². The molecular weight excluding hydrogens is 136 g/mol. The van der Waals surface area contributed by atoms with E-state index in [1.807, 2.05) is 17.9 Å². The Hall–Kier alpha value is -0.790. The molecule has 62 valence electrons. The van der Waals surface area contributed by atoms with Gasteiger partial charge in [-0.15, -0.1) is 0 Å². The molecule has 0 aliphatic heterocycles. The second kappa shape index (κ2) is 3.56. The van der Waals surface area contributed by atoms with Crippen molar-refractivity contribution in [3.8, 4) is 0 Å². The van der Waals surface area contributed by atoms with Gasteiger partial charge in [-0.25, -0.2) is 0 Å². The van der Waals surface area contributed by atoms with E-state index in [0.29, 0.717) is 0 Å². The smallest absolute Gasteiger partial charge is 0.0627 e. The van der Waals surface area contributed by atoms with Gasteiger partial charge in [0, 0.05) is 13.2 Å². The number of hydrogen-bond donors (Lipinski definition) is 0. The molecule has 0 spiro atoms. The van der Waals surface area contributed by atoms with Gasteiger partial charge in [-0.05, 0) is 18.4 Å². The molecule has 0 N–H and O–H groups in total. The summed E-state index contributed by atoms with van der Waals surface area (Å²) in [6, 6.07) is 2.09. The molecule has 0 saturated heterocycles. The van der Waals surface area contributed by atoms with Crippen LogP contribution in [0.15, 0.2) is 12.3 Å². The highest BCUT2D eigenvalue weighted by Gasteiger charge is 2.02. The van der Waals surface area contributed by atoms with Crippen molar-refractivity contribution in [2.45, 2.75) is 26.7 Å². The summed E-state index contributed by atoms with van der Waals surface area (Å²) >= 11 is 0. The summed E-state index contributed by atoms with van der Waals surface area (Å²) in [5.74, 6) is 0.755. The molecule has 0 aromatic carbocycles. The van der Waals surface area contributed by atoms with Crippen LogP contribution < -0.4 is 0 Å². The molecule has 0 fully saturated rings. The van der Waals surface area contributed by atoms with Crippen molar-refractivity contribution in [2.24, 2.45) is 13.0 Å². The van der Waals surface area contributed by atoms with Crippen LogP contribution in [0.4, 0.5) is 0 Å². The second-order valence-corrected chi connectivity index (χ2v) is 3.20. The molecule has 0 saturated carbocycles. The molecular formula is C9H16N2. The van der Waals surface area contributed by atoms with E-state index in [1.54, 1.807) is 0 Å². The Morgan fingerprint density at radius 2 is 2.36 bits per heavy atom. The Morgan fingerprint density at radius 3 is 2.82 bits per heavy atom. The number of nitrogens with zero attached hydrogens (tertiary/aromatic N) is 2. The lowest BCUT2D eigenvalue weighted by Crippen LogP contribution is -1.99. The summed E-state index contributed by atoms with van der Waals surface area (Å²) in [7, 11) is 1.96. The predicted octanol–water partition coefficient (Wildman–Crippen LogP) is 2.01. The molecule has 1 heterocycles. The maximum Gasteiger partial charge on any atom is 0.0627 e. The largest absolute Gasteiger partial charge is 0.276 e. The van der Waals surface area contributed by atoms with Gasteiger partial charge in [-0.2, -0.15) is 5.10 Å². The van der Waals surface area contributed by atoms with Crippen molar-refractivity contribution in [3.05, 3.63) is 18.0 Å². The highest BCUT2D eigenvalue weighted by molar-refractivity contribution is 4.99. The van der Waals surface area contributed by atoms with Crippen LogP contribution in [-0.2, 0) is 13.5 Å². The van der Waals surface area contributed by atoms with E-state index in [1.165, 1.54) is 12.1 Å². The van der Waals surface area contributed by atoms with Gasteiger partial charge >= 0.3 is 0 Å². The van der Waals surface area contributed by atoms with E-state index in [0.717, 1.165) is 12.3 Å². The van der Waals surface area contributed by atoms with E-state index in [2.05, 4.69) is 25.0 Å². The fourth-order valence-corrected chi connectivity index (χ4v) is 1.07. The Morgan fingerprint density at radius 1 is 1.64 bits per heavy atom. The summed E-state index contributed by atoms with van der Waals surface area (Å²) in [5, 5.41) is 4.32. The topological polar surface area (TPSA) is 17.8 Å². The zero-order valence-corrected chi connectivity index (χ0v) is 7.54. The first kappa shape index (κ1) is 8.31. The minimum absolute atomic E-state index is 0.755. The minimum atomic E-state index is 0.755. The summed E-state index contributed by atoms with van der Waals surface area (Å²) in [6.45, 7) is 4.47. The van der Waals surface area contributed by atoms with Crippen molar-refractivity contribution < 1.29 is 0 Å². The molecule has 0 aliphatic carbocycles. The monoisotopic (exact) mass is 152 g/mol. The Bertz CT molecular complexity index is 215. The maximum absolute atomic E-state index is 4.32. The molecule has 0 radical (unpaired) electrons. The molecule has 11 heavy (non-hydrogen) atoms. The summed E-state index contributed by atoms with van der Waals surface area (Å²) in [6.07, 6.45) is 4.34. The van der Waals surface area contributed by atoms with Gasteiger partial charge in [0.15, 0.2) is 0 Å². The van der Waals surface area contributed by atoms with Crippen LogP contribution in [0.1, 0.15) is 26.0 Å². The van der Waals surface area contributed by atoms with Crippen LogP contribution in [0.25, 0.3) is 0 Å². The van der Waals surface area contributed by atoms with E-state index in [-0.39, 0.29) is 0 Å². The quantitative estimate of drug-likeness (QED) is 0.647. The molecule has 2 nitrogen and oxygen atoms in total. The van der Waals surface area contributed by atoms with Crippen LogP contribution in [0, 0.1) is 5.92 Å². The maximum atomic E-state index is 4.32. The van der Waals surface area contributed by atoms with E-state index in [9.17, 15) is 0 Å². The third-order valence-electron chi connectivity index (χ3n) is 2.02. The zero-order chi connectivity index (χ0) is 8.27. The molecule has 0 amide bonds. The molecule has 1 aromatic heterocycles. The van der Waals surface area contributed by atoms with Gasteiger partial charge in [0.2, 0.25) is 0 Å². The number of hydrogen-bond acceptors (Lipinski definition) is 1. The fourth-order valence-electron chi connectivity index (χ4n) is 1.07. The molecule has 1 aromatic rings. The number of aryl methyl sites for hydroxylation is 1. The lowest BCUT2D eigenvalue weighted by Gasteiger charge is -2.03. The van der Waals surface area contributed by atoms with Gasteiger partial charge in [-0.1, -0.05) is 20.3 Å². The first-order valence-electron chi connectivity index (χ1n) is 4.21. The average Bonchev–Trinajstić information content (AvgIpc) is 2.35. The molecule has 1 unspecified atom stereocenters. The van der Waals surface area contributed by atoms with Crippen molar-refractivity contribution in [1.29, 1.82) is 0 Å². The summed E-state index contributed by atoms with van der Waals surface area (Å²) < 4.78 is 1.86. The first-order chi connectivity index (χ1) is 5.22. The van der Waals surface area contributed by atoms with Crippen molar-refractivity contribution in [2.75, 3.05) is 0 Å². The highest BCUT2D eigenvalue weighted by atomic mass is 15.2. The van der Waals surface area contributed by atoms with Gasteiger partial charge in [-0.3, -0.25) is 4.68 Å². The molecule has 1 atom stereocenters. The first-order valence-corrected chi connectivity index (χ1v) is 4.21. The van der Waals surface area contributed by atoms with Crippen molar-refractivity contribution in [1.82, 2.24) is 9.78 Å². The highest BCUT2D eigenvalue weighted by Crippen LogP contribution is 2.08. The third kappa shape index (κ3) is 2.37. The van der Waals surface area contributed by atoms with Crippen LogP contribution in [0.5, 0.6) is 0 Å². The summed E-state index contributed by atoms with van der Waals surface area (Å²) in [5.41, 5.74) is 1.21. The van der Waals surface area contributed by atoms with Crippen LogP contribution in [0.2, 0.25) is 0 Å². The standard InChI is InChI=1S/C9H16N2/c1-4-8(2)7-9-5-6-11(3)10-9/h5-6,8H,4,7H2,1-3H3. The van der Waals surface area contributed by atoms with Gasteiger partial charge in [0.05, 0.1) is 5.69 Å². The lowest BCUT2D eigenvalue weighted by molar-refractivity contribution is 0.547. The Labute approximate surface area is 68.2 Å². The average molecular weight is 152 g/mol. The van der Waals surface area contributed by atoms with Crippen molar-refractivity contribution in [3.63, 3.8) is 0 Å². The zero-order valence-electron chi connectivity index (χ0n) is 7.54. The van der Waals surface area contributed by atoms with E-state index in [4.69, 9.17) is 0 Å².